The summed E-state index contributed by atoms with van der Waals surface area (Å²) < 4.78 is 1.99. The van der Waals surface area contributed by atoms with Crippen LogP contribution in [-0.4, -0.2) is 40.4 Å². The third kappa shape index (κ3) is 6.95. The number of hydrogen-bond donors (Lipinski definition) is 2. The lowest BCUT2D eigenvalue weighted by atomic mass is 10.1. The topological polar surface area (TPSA) is 67.1 Å². The molecule has 1 aromatic heterocycles. The summed E-state index contributed by atoms with van der Waals surface area (Å²) in [5.74, 6) is 0.896. The SMILES string of the molecule is CCNC(=NCCCCn1cnnc1)NCCc1ccccc1. The number of nitrogens with zero attached hydrogens (tertiary/aromatic N) is 4. The number of unbranched alkanes of at least 4 members (excludes halogenated alkanes) is 1. The minimum atomic E-state index is 0.822. The van der Waals surface area contributed by atoms with Crippen LogP contribution < -0.4 is 10.6 Å². The fourth-order valence-corrected chi connectivity index (χ4v) is 2.25. The smallest absolute Gasteiger partial charge is 0.191 e. The number of nitrogens with one attached hydrogen (secondary N) is 2. The molecule has 0 bridgehead atoms. The van der Waals surface area contributed by atoms with Crippen LogP contribution >= 0.6 is 0 Å². The van der Waals surface area contributed by atoms with Crippen LogP contribution in [0.1, 0.15) is 25.3 Å². The van der Waals surface area contributed by atoms with Gasteiger partial charge in [0.25, 0.3) is 0 Å². The van der Waals surface area contributed by atoms with Gasteiger partial charge in [-0.05, 0) is 31.7 Å². The molecule has 0 aliphatic carbocycles. The van der Waals surface area contributed by atoms with Gasteiger partial charge in [0.1, 0.15) is 12.7 Å². The summed E-state index contributed by atoms with van der Waals surface area (Å²) in [6.07, 6.45) is 6.62. The van der Waals surface area contributed by atoms with Crippen LogP contribution in [0.5, 0.6) is 0 Å². The third-order valence-electron chi connectivity index (χ3n) is 3.45. The van der Waals surface area contributed by atoms with Gasteiger partial charge in [0, 0.05) is 26.2 Å². The van der Waals surface area contributed by atoms with Crippen molar-refractivity contribution in [3.05, 3.63) is 48.5 Å². The molecular weight excluding hydrogens is 288 g/mol. The van der Waals surface area contributed by atoms with E-state index >= 15 is 0 Å². The Morgan fingerprint density at radius 2 is 1.87 bits per heavy atom. The van der Waals surface area contributed by atoms with Crippen molar-refractivity contribution in [2.24, 2.45) is 4.99 Å². The van der Waals surface area contributed by atoms with Crippen LogP contribution in [0, 0.1) is 0 Å². The molecule has 0 radical (unpaired) electrons. The average Bonchev–Trinajstić information content (AvgIpc) is 3.09. The lowest BCUT2D eigenvalue weighted by Gasteiger charge is -2.11. The van der Waals surface area contributed by atoms with E-state index in [1.807, 2.05) is 10.6 Å². The second kappa shape index (κ2) is 10.4. The first-order valence-electron chi connectivity index (χ1n) is 8.27. The molecule has 0 unspecified atom stereocenters. The molecule has 0 atom stereocenters. The predicted octanol–water partition coefficient (Wildman–Crippen LogP) is 1.86. The molecule has 0 saturated carbocycles. The quantitative estimate of drug-likeness (QED) is 0.421. The Morgan fingerprint density at radius 3 is 2.61 bits per heavy atom. The van der Waals surface area contributed by atoms with Gasteiger partial charge in [-0.15, -0.1) is 10.2 Å². The highest BCUT2D eigenvalue weighted by atomic mass is 15.2. The van der Waals surface area contributed by atoms with Gasteiger partial charge in [-0.3, -0.25) is 4.99 Å². The molecule has 0 aliphatic heterocycles. The monoisotopic (exact) mass is 314 g/mol. The first kappa shape index (κ1) is 17.0. The highest BCUT2D eigenvalue weighted by Crippen LogP contribution is 1.98. The second-order valence-corrected chi connectivity index (χ2v) is 5.33. The van der Waals surface area contributed by atoms with E-state index < -0.39 is 0 Å². The van der Waals surface area contributed by atoms with Gasteiger partial charge in [-0.25, -0.2) is 0 Å². The lowest BCUT2D eigenvalue weighted by Crippen LogP contribution is -2.38. The lowest BCUT2D eigenvalue weighted by molar-refractivity contribution is 0.611. The maximum Gasteiger partial charge on any atom is 0.191 e. The molecule has 2 rings (SSSR count). The molecule has 6 nitrogen and oxygen atoms in total. The summed E-state index contributed by atoms with van der Waals surface area (Å²) in [7, 11) is 0. The fraction of sp³-hybridized carbons (Fsp3) is 0.471. The van der Waals surface area contributed by atoms with Crippen LogP contribution in [0.15, 0.2) is 48.0 Å². The summed E-state index contributed by atoms with van der Waals surface area (Å²) in [6.45, 7) is 5.61. The first-order valence-corrected chi connectivity index (χ1v) is 8.27. The Labute approximate surface area is 138 Å². The van der Waals surface area contributed by atoms with Crippen LogP contribution in [0.4, 0.5) is 0 Å². The van der Waals surface area contributed by atoms with E-state index in [1.54, 1.807) is 12.7 Å². The highest BCUT2D eigenvalue weighted by molar-refractivity contribution is 5.79. The predicted molar refractivity (Wildman–Crippen MR) is 93.4 cm³/mol. The molecule has 1 aromatic carbocycles. The maximum absolute atomic E-state index is 4.62. The van der Waals surface area contributed by atoms with Crippen LogP contribution in [0.25, 0.3) is 0 Å². The first-order chi connectivity index (χ1) is 11.4. The molecule has 0 spiro atoms. The Bertz CT molecular complexity index is 550. The van der Waals surface area contributed by atoms with E-state index in [9.17, 15) is 0 Å². The summed E-state index contributed by atoms with van der Waals surface area (Å²) in [5.41, 5.74) is 1.34. The third-order valence-corrected chi connectivity index (χ3v) is 3.45. The van der Waals surface area contributed by atoms with E-state index in [1.165, 1.54) is 5.56 Å². The summed E-state index contributed by atoms with van der Waals surface area (Å²) >= 11 is 0. The molecule has 0 aliphatic rings. The number of aromatic nitrogens is 3. The minimum Gasteiger partial charge on any atom is -0.357 e. The van der Waals surface area contributed by atoms with Gasteiger partial charge in [0.05, 0.1) is 0 Å². The number of aliphatic imine (C=N–C) groups is 1. The number of benzene rings is 1. The maximum atomic E-state index is 4.62. The van der Waals surface area contributed by atoms with Gasteiger partial charge in [-0.2, -0.15) is 0 Å². The van der Waals surface area contributed by atoms with Crippen LogP contribution in [0.2, 0.25) is 0 Å². The Hall–Kier alpha value is -2.37. The molecule has 0 fully saturated rings. The zero-order valence-electron chi connectivity index (χ0n) is 13.8. The van der Waals surface area contributed by atoms with E-state index in [0.29, 0.717) is 0 Å². The molecule has 6 heteroatoms. The van der Waals surface area contributed by atoms with E-state index in [4.69, 9.17) is 0 Å². The van der Waals surface area contributed by atoms with E-state index in [2.05, 4.69) is 57.0 Å². The van der Waals surface area contributed by atoms with Crippen molar-refractivity contribution in [2.75, 3.05) is 19.6 Å². The number of hydrogen-bond acceptors (Lipinski definition) is 3. The Balaban J connectivity index is 1.65. The number of aryl methyl sites for hydroxylation is 1. The van der Waals surface area contributed by atoms with Crippen molar-refractivity contribution in [1.29, 1.82) is 0 Å². The van der Waals surface area contributed by atoms with Gasteiger partial charge < -0.3 is 15.2 Å². The minimum absolute atomic E-state index is 0.822. The number of guanidine groups is 1. The molecule has 0 saturated heterocycles. The molecule has 2 N–H and O–H groups in total. The molecule has 23 heavy (non-hydrogen) atoms. The summed E-state index contributed by atoms with van der Waals surface area (Å²) in [4.78, 5) is 4.62. The van der Waals surface area contributed by atoms with Crippen molar-refractivity contribution >= 4 is 5.96 Å². The van der Waals surface area contributed by atoms with Gasteiger partial charge in [-0.1, -0.05) is 30.3 Å². The number of rotatable bonds is 9. The van der Waals surface area contributed by atoms with Crippen LogP contribution in [0.3, 0.4) is 0 Å². The fourth-order valence-electron chi connectivity index (χ4n) is 2.25. The van der Waals surface area contributed by atoms with Crippen molar-refractivity contribution in [3.8, 4) is 0 Å². The Kier molecular flexibility index (Phi) is 7.66. The molecule has 1 heterocycles. The van der Waals surface area contributed by atoms with Crippen LogP contribution in [-0.2, 0) is 13.0 Å². The Morgan fingerprint density at radius 1 is 1.09 bits per heavy atom. The molecule has 124 valence electrons. The molecule has 2 aromatic rings. The normalized spacial score (nSPS) is 11.4. The second-order valence-electron chi connectivity index (χ2n) is 5.33. The largest absolute Gasteiger partial charge is 0.357 e. The van der Waals surface area contributed by atoms with Gasteiger partial charge in [0.15, 0.2) is 5.96 Å². The van der Waals surface area contributed by atoms with E-state index in [0.717, 1.165) is 51.4 Å². The van der Waals surface area contributed by atoms with Crippen molar-refractivity contribution in [2.45, 2.75) is 32.7 Å². The average molecular weight is 314 g/mol. The standard InChI is InChI=1S/C17H26N6/c1-2-18-17(20-12-10-16-8-4-3-5-9-16)19-11-6-7-13-23-14-21-22-15-23/h3-5,8-9,14-15H,2,6-7,10-13H2,1H3,(H2,18,19,20). The summed E-state index contributed by atoms with van der Waals surface area (Å²) in [6, 6.07) is 10.5. The molecule has 0 amide bonds. The van der Waals surface area contributed by atoms with Crippen molar-refractivity contribution < 1.29 is 0 Å². The zero-order valence-corrected chi connectivity index (χ0v) is 13.8. The van der Waals surface area contributed by atoms with Crippen molar-refractivity contribution in [3.63, 3.8) is 0 Å². The zero-order chi connectivity index (χ0) is 16.2. The highest BCUT2D eigenvalue weighted by Gasteiger charge is 1.98. The van der Waals surface area contributed by atoms with Gasteiger partial charge >= 0.3 is 0 Å². The summed E-state index contributed by atoms with van der Waals surface area (Å²) in [5, 5.41) is 14.3. The van der Waals surface area contributed by atoms with Gasteiger partial charge in [0.2, 0.25) is 0 Å². The van der Waals surface area contributed by atoms with Crippen molar-refractivity contribution in [1.82, 2.24) is 25.4 Å². The molecular formula is C17H26N6. The van der Waals surface area contributed by atoms with E-state index in [-0.39, 0.29) is 0 Å².